The largest absolute Gasteiger partial charge is 0.464 e. The van der Waals surface area contributed by atoms with Crippen molar-refractivity contribution >= 4 is 15.7 Å². The highest BCUT2D eigenvalue weighted by atomic mass is 32.2. The van der Waals surface area contributed by atoms with Gasteiger partial charge in [-0.3, -0.25) is 0 Å². The van der Waals surface area contributed by atoms with Gasteiger partial charge >= 0.3 is 0 Å². The molecule has 2 aromatic carbocycles. The Kier molecular flexibility index (Phi) is 3.48. The van der Waals surface area contributed by atoms with Crippen LogP contribution < -0.4 is 4.90 Å². The van der Waals surface area contributed by atoms with Gasteiger partial charge < -0.3 is 14.4 Å². The Labute approximate surface area is 176 Å². The maximum absolute atomic E-state index is 13.5. The zero-order chi connectivity index (χ0) is 20.9. The van der Waals surface area contributed by atoms with Crippen molar-refractivity contribution in [3.05, 3.63) is 72.0 Å². The van der Waals surface area contributed by atoms with Crippen molar-refractivity contribution in [1.82, 2.24) is 4.31 Å². The Morgan fingerprint density at radius 1 is 1.10 bits per heavy atom. The third-order valence-corrected chi connectivity index (χ3v) is 8.98. The molecule has 0 aliphatic carbocycles. The van der Waals surface area contributed by atoms with Crippen LogP contribution in [-0.4, -0.2) is 49.8 Å². The van der Waals surface area contributed by atoms with Gasteiger partial charge in [-0.05, 0) is 30.7 Å². The minimum atomic E-state index is -3.68. The highest BCUT2D eigenvalue weighted by molar-refractivity contribution is 7.89. The maximum atomic E-state index is 13.5. The lowest BCUT2D eigenvalue weighted by Gasteiger charge is -2.38. The van der Waals surface area contributed by atoms with Gasteiger partial charge in [0.15, 0.2) is 5.60 Å². The highest BCUT2D eigenvalue weighted by Gasteiger charge is 2.75. The molecular formula is C23H24N2O4S. The van der Waals surface area contributed by atoms with Gasteiger partial charge in [0.25, 0.3) is 0 Å². The van der Waals surface area contributed by atoms with E-state index >= 15 is 0 Å². The molecule has 3 fully saturated rings. The molecule has 0 amide bonds. The molecule has 0 N–H and O–H groups in total. The number of benzene rings is 2. The van der Waals surface area contributed by atoms with Crippen LogP contribution >= 0.6 is 0 Å². The van der Waals surface area contributed by atoms with E-state index in [4.69, 9.17) is 9.47 Å². The van der Waals surface area contributed by atoms with E-state index in [2.05, 4.69) is 23.6 Å². The van der Waals surface area contributed by atoms with Crippen LogP contribution in [-0.2, 0) is 19.5 Å². The molecular weight excluding hydrogens is 400 g/mol. The maximum Gasteiger partial charge on any atom is 0.243 e. The van der Waals surface area contributed by atoms with Crippen molar-refractivity contribution in [2.75, 3.05) is 24.5 Å². The van der Waals surface area contributed by atoms with Crippen LogP contribution in [0.1, 0.15) is 24.0 Å². The highest BCUT2D eigenvalue weighted by Crippen LogP contribution is 2.65. The summed E-state index contributed by atoms with van der Waals surface area (Å²) < 4.78 is 41.3. The van der Waals surface area contributed by atoms with Crippen molar-refractivity contribution in [3.8, 4) is 0 Å². The summed E-state index contributed by atoms with van der Waals surface area (Å²) in [5.41, 5.74) is 2.47. The van der Waals surface area contributed by atoms with Gasteiger partial charge in [0.1, 0.15) is 5.76 Å². The molecule has 6 nitrogen and oxygen atoms in total. The standard InChI is InChI=1S/C23H24N2O4S/c1-15-8-10-17(11-9-15)30(26,27)24-12-13-25-19-7-5-4-6-18(19)20-21(25)23(14-24)16(2)28-22(20,3)29-23/h4-11,20-21H,2,12-14H2,1,3H3/t20-,21+,22-,23-/m1/s1. The molecule has 0 aromatic heterocycles. The van der Waals surface area contributed by atoms with Crippen LogP contribution in [0.5, 0.6) is 0 Å². The number of hydrogen-bond donors (Lipinski definition) is 0. The molecule has 4 heterocycles. The fourth-order valence-electron chi connectivity index (χ4n) is 5.82. The number of aryl methyl sites for hydroxylation is 1. The zero-order valence-electron chi connectivity index (χ0n) is 17.0. The van der Waals surface area contributed by atoms with Gasteiger partial charge in [0.05, 0.1) is 23.4 Å². The van der Waals surface area contributed by atoms with Gasteiger partial charge in [-0.25, -0.2) is 8.42 Å². The number of ether oxygens (including phenoxy) is 2. The third-order valence-electron chi connectivity index (χ3n) is 7.12. The molecule has 4 aliphatic heterocycles. The first kappa shape index (κ1) is 18.4. The molecule has 0 radical (unpaired) electrons. The molecule has 4 aliphatic rings. The van der Waals surface area contributed by atoms with Crippen LogP contribution in [0.25, 0.3) is 0 Å². The number of sulfonamides is 1. The van der Waals surface area contributed by atoms with Gasteiger partial charge in [-0.2, -0.15) is 4.31 Å². The smallest absolute Gasteiger partial charge is 0.243 e. The average Bonchev–Trinajstić information content (AvgIpc) is 3.21. The lowest BCUT2D eigenvalue weighted by atomic mass is 9.80. The molecule has 4 atom stereocenters. The molecule has 7 heteroatoms. The van der Waals surface area contributed by atoms with Crippen LogP contribution in [0, 0.1) is 6.92 Å². The van der Waals surface area contributed by atoms with Crippen molar-refractivity contribution < 1.29 is 17.9 Å². The summed E-state index contributed by atoms with van der Waals surface area (Å²) in [7, 11) is -3.68. The van der Waals surface area contributed by atoms with Gasteiger partial charge in [0, 0.05) is 25.7 Å². The average molecular weight is 425 g/mol. The summed E-state index contributed by atoms with van der Waals surface area (Å²) in [6, 6.07) is 15.3. The topological polar surface area (TPSA) is 59.1 Å². The summed E-state index contributed by atoms with van der Waals surface area (Å²) in [4.78, 5) is 2.61. The van der Waals surface area contributed by atoms with Crippen LogP contribution in [0.15, 0.2) is 65.8 Å². The first-order valence-electron chi connectivity index (χ1n) is 10.3. The molecule has 3 saturated heterocycles. The first-order valence-corrected chi connectivity index (χ1v) is 11.7. The summed E-state index contributed by atoms with van der Waals surface area (Å²) in [5.74, 6) is -0.306. The van der Waals surface area contributed by atoms with Crippen molar-refractivity contribution in [3.63, 3.8) is 0 Å². The Morgan fingerprint density at radius 2 is 1.83 bits per heavy atom. The number of nitrogens with zero attached hydrogens (tertiary/aromatic N) is 2. The summed E-state index contributed by atoms with van der Waals surface area (Å²) in [6.07, 6.45) is 0. The van der Waals surface area contributed by atoms with Gasteiger partial charge in [0.2, 0.25) is 15.8 Å². The number of fused-ring (bicyclic) bond motifs is 5. The van der Waals surface area contributed by atoms with E-state index in [0.29, 0.717) is 23.7 Å². The normalized spacial score (nSPS) is 34.5. The number of anilines is 1. The van der Waals surface area contributed by atoms with Crippen LogP contribution in [0.3, 0.4) is 0 Å². The molecule has 6 rings (SSSR count). The predicted octanol–water partition coefficient (Wildman–Crippen LogP) is 3.00. The third kappa shape index (κ3) is 2.12. The Hall–Kier alpha value is -2.35. The quantitative estimate of drug-likeness (QED) is 0.742. The lowest BCUT2D eigenvalue weighted by molar-refractivity contribution is -0.143. The molecule has 0 unspecified atom stereocenters. The SMILES string of the molecule is C=C1O[C@]2(C)O[C@]13CN(S(=O)(=O)c1ccc(C)cc1)CCN1c4ccccc4[C@@H]2[C@H]13. The molecule has 156 valence electrons. The summed E-state index contributed by atoms with van der Waals surface area (Å²) in [6.45, 7) is 9.23. The van der Waals surface area contributed by atoms with Crippen molar-refractivity contribution in [2.24, 2.45) is 0 Å². The van der Waals surface area contributed by atoms with Gasteiger partial charge in [-0.1, -0.05) is 42.5 Å². The summed E-state index contributed by atoms with van der Waals surface area (Å²) >= 11 is 0. The molecule has 30 heavy (non-hydrogen) atoms. The number of para-hydroxylation sites is 1. The van der Waals surface area contributed by atoms with Crippen LogP contribution in [0.2, 0.25) is 0 Å². The minimum Gasteiger partial charge on any atom is -0.464 e. The van der Waals surface area contributed by atoms with E-state index in [1.807, 2.05) is 38.1 Å². The fraction of sp³-hybridized carbons (Fsp3) is 0.391. The Bertz CT molecular complexity index is 1180. The second-order valence-electron chi connectivity index (χ2n) is 8.86. The monoisotopic (exact) mass is 424 g/mol. The second-order valence-corrected chi connectivity index (χ2v) is 10.8. The summed E-state index contributed by atoms with van der Waals surface area (Å²) in [5, 5.41) is 0. The number of hydrogen-bond acceptors (Lipinski definition) is 5. The van der Waals surface area contributed by atoms with E-state index in [0.717, 1.165) is 11.3 Å². The Morgan fingerprint density at radius 3 is 2.60 bits per heavy atom. The minimum absolute atomic E-state index is 0.0150. The Balaban J connectivity index is 1.48. The van der Waals surface area contributed by atoms with E-state index in [1.165, 1.54) is 5.56 Å². The van der Waals surface area contributed by atoms with E-state index in [1.54, 1.807) is 16.4 Å². The van der Waals surface area contributed by atoms with E-state index in [-0.39, 0.29) is 18.5 Å². The molecule has 2 bridgehead atoms. The molecule has 0 saturated carbocycles. The molecule has 2 aromatic rings. The van der Waals surface area contributed by atoms with Crippen molar-refractivity contribution in [2.45, 2.75) is 42.1 Å². The predicted molar refractivity (Wildman–Crippen MR) is 113 cm³/mol. The number of rotatable bonds is 2. The second kappa shape index (κ2) is 5.66. The fourth-order valence-corrected chi connectivity index (χ4v) is 7.29. The van der Waals surface area contributed by atoms with E-state index < -0.39 is 21.4 Å². The van der Waals surface area contributed by atoms with Gasteiger partial charge in [-0.15, -0.1) is 0 Å². The van der Waals surface area contributed by atoms with Crippen LogP contribution in [0.4, 0.5) is 5.69 Å². The van der Waals surface area contributed by atoms with E-state index in [9.17, 15) is 8.42 Å². The zero-order valence-corrected chi connectivity index (χ0v) is 17.9. The lowest BCUT2D eigenvalue weighted by Crippen LogP contribution is -2.54. The van der Waals surface area contributed by atoms with Crippen molar-refractivity contribution in [1.29, 1.82) is 0 Å². The molecule has 1 spiro atoms. The first-order chi connectivity index (χ1) is 14.3.